The number of hydrogen-bond acceptors (Lipinski definition) is 5. The van der Waals surface area contributed by atoms with Crippen molar-refractivity contribution in [2.24, 2.45) is 0 Å². The average molecular weight is 381 g/mol. The molecule has 1 aromatic heterocycles. The number of hydrogen-bond donors (Lipinski definition) is 1. The van der Waals surface area contributed by atoms with Gasteiger partial charge in [-0.25, -0.2) is 9.97 Å². The monoisotopic (exact) mass is 380 g/mol. The van der Waals surface area contributed by atoms with E-state index in [9.17, 15) is 4.79 Å². The lowest BCUT2D eigenvalue weighted by atomic mass is 10.1. The molecule has 0 unspecified atom stereocenters. The van der Waals surface area contributed by atoms with Crippen molar-refractivity contribution in [3.05, 3.63) is 66.0 Å². The number of para-hydroxylation sites is 1. The summed E-state index contributed by atoms with van der Waals surface area (Å²) < 4.78 is 0. The third-order valence-corrected chi connectivity index (χ3v) is 5.31. The fourth-order valence-corrected chi connectivity index (χ4v) is 3.83. The molecule has 0 saturated heterocycles. The number of nitrogens with one attached hydrogen (secondary N) is 1. The van der Waals surface area contributed by atoms with Crippen molar-refractivity contribution in [2.75, 3.05) is 26.4 Å². The molecule has 0 aliphatic carbocycles. The Balaban J connectivity index is 1.62. The Labute approximate surface area is 164 Å². The van der Waals surface area contributed by atoms with Crippen LogP contribution in [0, 0.1) is 6.92 Å². The van der Waals surface area contributed by atoms with Gasteiger partial charge in [-0.05, 0) is 32.6 Å². The minimum atomic E-state index is 0.00290. The zero-order valence-electron chi connectivity index (χ0n) is 15.8. The summed E-state index contributed by atoms with van der Waals surface area (Å²) in [5.41, 5.74) is 2.09. The number of rotatable bonds is 7. The maximum Gasteiger partial charge on any atom is 0.230 e. The largest absolute Gasteiger partial charge is 0.353 e. The summed E-state index contributed by atoms with van der Waals surface area (Å²) in [6, 6.07) is 18.2. The van der Waals surface area contributed by atoms with Crippen molar-refractivity contribution in [3.8, 4) is 0 Å². The number of carbonyl (C=O) groups excluding carboxylic acids is 1. The second-order valence-corrected chi connectivity index (χ2v) is 7.54. The first-order chi connectivity index (χ1) is 13.0. The number of carbonyl (C=O) groups is 1. The van der Waals surface area contributed by atoms with E-state index in [1.807, 2.05) is 63.5 Å². The zero-order chi connectivity index (χ0) is 19.2. The van der Waals surface area contributed by atoms with Crippen LogP contribution in [-0.4, -0.2) is 47.2 Å². The van der Waals surface area contributed by atoms with Gasteiger partial charge in [0.1, 0.15) is 10.9 Å². The second kappa shape index (κ2) is 8.97. The molecule has 0 saturated carbocycles. The molecular weight excluding hydrogens is 356 g/mol. The van der Waals surface area contributed by atoms with Gasteiger partial charge >= 0.3 is 0 Å². The minimum Gasteiger partial charge on any atom is -0.353 e. The molecule has 3 aromatic rings. The highest BCUT2D eigenvalue weighted by molar-refractivity contribution is 8.00. The van der Waals surface area contributed by atoms with Gasteiger partial charge in [0, 0.05) is 11.9 Å². The maximum atomic E-state index is 12.4. The molecule has 5 nitrogen and oxygen atoms in total. The van der Waals surface area contributed by atoms with E-state index in [1.165, 1.54) is 17.3 Å². The van der Waals surface area contributed by atoms with Crippen LogP contribution < -0.4 is 5.32 Å². The summed E-state index contributed by atoms with van der Waals surface area (Å²) in [6.07, 6.45) is 0. The van der Waals surface area contributed by atoms with Gasteiger partial charge in [0.2, 0.25) is 5.91 Å². The molecule has 1 amide bonds. The van der Waals surface area contributed by atoms with Crippen molar-refractivity contribution in [1.29, 1.82) is 0 Å². The molecule has 3 rings (SSSR count). The van der Waals surface area contributed by atoms with Gasteiger partial charge in [-0.2, -0.15) is 0 Å². The van der Waals surface area contributed by atoms with Gasteiger partial charge < -0.3 is 10.2 Å². The van der Waals surface area contributed by atoms with E-state index in [2.05, 4.69) is 32.3 Å². The van der Waals surface area contributed by atoms with Crippen molar-refractivity contribution >= 4 is 28.6 Å². The molecule has 0 radical (unpaired) electrons. The van der Waals surface area contributed by atoms with E-state index >= 15 is 0 Å². The third-order valence-electron chi connectivity index (χ3n) is 4.32. The Hall–Kier alpha value is -2.44. The van der Waals surface area contributed by atoms with E-state index in [-0.39, 0.29) is 11.9 Å². The first kappa shape index (κ1) is 19.3. The number of fused-ring (bicyclic) bond motifs is 1. The Morgan fingerprint density at radius 2 is 1.78 bits per heavy atom. The summed E-state index contributed by atoms with van der Waals surface area (Å²) in [4.78, 5) is 23.5. The van der Waals surface area contributed by atoms with Gasteiger partial charge in [0.15, 0.2) is 0 Å². The molecule has 0 aliphatic heterocycles. The van der Waals surface area contributed by atoms with Crippen molar-refractivity contribution in [1.82, 2.24) is 20.2 Å². The lowest BCUT2D eigenvalue weighted by Crippen LogP contribution is -2.35. The second-order valence-electron chi connectivity index (χ2n) is 6.58. The molecule has 1 N–H and O–H groups in total. The molecule has 2 aromatic carbocycles. The Kier molecular flexibility index (Phi) is 6.42. The molecule has 0 fully saturated rings. The van der Waals surface area contributed by atoms with Gasteiger partial charge in [-0.3, -0.25) is 4.79 Å². The molecule has 0 bridgehead atoms. The predicted octanol–water partition coefficient (Wildman–Crippen LogP) is 3.45. The van der Waals surface area contributed by atoms with Crippen LogP contribution in [0.1, 0.15) is 17.4 Å². The van der Waals surface area contributed by atoms with Gasteiger partial charge in [-0.1, -0.05) is 60.3 Å². The highest BCUT2D eigenvalue weighted by Gasteiger charge is 2.15. The van der Waals surface area contributed by atoms with E-state index < -0.39 is 0 Å². The number of aromatic nitrogens is 2. The Morgan fingerprint density at radius 1 is 1.07 bits per heavy atom. The normalized spacial score (nSPS) is 12.3. The zero-order valence-corrected chi connectivity index (χ0v) is 16.7. The van der Waals surface area contributed by atoms with E-state index in [0.717, 1.165) is 15.9 Å². The molecule has 6 heteroatoms. The number of benzene rings is 2. The summed E-state index contributed by atoms with van der Waals surface area (Å²) in [6.45, 7) is 2.44. The molecule has 1 atom stereocenters. The molecular formula is C21H24N4OS. The van der Waals surface area contributed by atoms with Crippen LogP contribution in [0.25, 0.3) is 10.9 Å². The summed E-state index contributed by atoms with van der Waals surface area (Å²) in [7, 11) is 4.04. The predicted molar refractivity (Wildman–Crippen MR) is 111 cm³/mol. The quantitative estimate of drug-likeness (QED) is 0.503. The van der Waals surface area contributed by atoms with Gasteiger partial charge in [-0.15, -0.1) is 0 Å². The summed E-state index contributed by atoms with van der Waals surface area (Å²) in [5, 5.41) is 4.88. The summed E-state index contributed by atoms with van der Waals surface area (Å²) in [5.74, 6) is 1.05. The van der Waals surface area contributed by atoms with Crippen LogP contribution in [0.5, 0.6) is 0 Å². The first-order valence-corrected chi connectivity index (χ1v) is 9.87. The average Bonchev–Trinajstić information content (AvgIpc) is 2.66. The van der Waals surface area contributed by atoms with Crippen LogP contribution >= 0.6 is 11.8 Å². The topological polar surface area (TPSA) is 58.1 Å². The Bertz CT molecular complexity index is 914. The fourth-order valence-electron chi connectivity index (χ4n) is 2.94. The molecule has 1 heterocycles. The number of amides is 1. The number of aryl methyl sites for hydroxylation is 1. The summed E-state index contributed by atoms with van der Waals surface area (Å²) >= 11 is 1.45. The highest BCUT2D eigenvalue weighted by Crippen LogP contribution is 2.25. The fraction of sp³-hybridized carbons (Fsp3) is 0.286. The SMILES string of the molecule is Cc1nc(SCC(=O)NC[C@@H](c2ccccc2)N(C)C)c2ccccc2n1. The number of thioether (sulfide) groups is 1. The maximum absolute atomic E-state index is 12.4. The molecule has 27 heavy (non-hydrogen) atoms. The minimum absolute atomic E-state index is 0.00290. The number of likely N-dealkylation sites (N-methyl/N-ethyl adjacent to an activating group) is 1. The lowest BCUT2D eigenvalue weighted by Gasteiger charge is -2.25. The number of nitrogens with zero attached hydrogens (tertiary/aromatic N) is 3. The molecule has 0 aliphatic rings. The highest BCUT2D eigenvalue weighted by atomic mass is 32.2. The standard InChI is InChI=1S/C21H24N4OS/c1-15-23-18-12-8-7-11-17(18)21(24-15)27-14-20(26)22-13-19(25(2)3)16-9-5-4-6-10-16/h4-12,19H,13-14H2,1-3H3,(H,22,26)/t19-/m0/s1. The van der Waals surface area contributed by atoms with Crippen LogP contribution in [-0.2, 0) is 4.79 Å². The lowest BCUT2D eigenvalue weighted by molar-refractivity contribution is -0.118. The van der Waals surface area contributed by atoms with Crippen LogP contribution in [0.3, 0.4) is 0 Å². The van der Waals surface area contributed by atoms with Gasteiger partial charge in [0.25, 0.3) is 0 Å². The molecule has 140 valence electrons. The van der Waals surface area contributed by atoms with Gasteiger partial charge in [0.05, 0.1) is 17.3 Å². The van der Waals surface area contributed by atoms with E-state index in [1.54, 1.807) is 0 Å². The Morgan fingerprint density at radius 3 is 2.52 bits per heavy atom. The van der Waals surface area contributed by atoms with E-state index in [0.29, 0.717) is 18.1 Å². The van der Waals surface area contributed by atoms with E-state index in [4.69, 9.17) is 0 Å². The smallest absolute Gasteiger partial charge is 0.230 e. The molecule has 0 spiro atoms. The van der Waals surface area contributed by atoms with Crippen molar-refractivity contribution in [2.45, 2.75) is 18.0 Å². The van der Waals surface area contributed by atoms with Crippen LogP contribution in [0.4, 0.5) is 0 Å². The first-order valence-electron chi connectivity index (χ1n) is 8.89. The van der Waals surface area contributed by atoms with Crippen LogP contribution in [0.15, 0.2) is 59.6 Å². The third kappa shape index (κ3) is 5.05. The van der Waals surface area contributed by atoms with Crippen molar-refractivity contribution in [3.63, 3.8) is 0 Å². The van der Waals surface area contributed by atoms with Crippen LogP contribution in [0.2, 0.25) is 0 Å². The van der Waals surface area contributed by atoms with Crippen molar-refractivity contribution < 1.29 is 4.79 Å².